The summed E-state index contributed by atoms with van der Waals surface area (Å²) in [5.41, 5.74) is -2.22. The molecule has 0 unspecified atom stereocenters. The van der Waals surface area contributed by atoms with Crippen LogP contribution in [0.25, 0.3) is 0 Å². The lowest BCUT2D eigenvalue weighted by Gasteiger charge is -2.38. The molecule has 12 heteroatoms. The minimum atomic E-state index is -4.79. The van der Waals surface area contributed by atoms with E-state index in [9.17, 15) is 30.0 Å². The molecule has 0 amide bonds. The molecular weight excluding hydrogens is 455 g/mol. The van der Waals surface area contributed by atoms with Gasteiger partial charge in [-0.3, -0.25) is 0 Å². The highest BCUT2D eigenvalue weighted by atomic mass is 35.7. The molecule has 0 spiro atoms. The van der Waals surface area contributed by atoms with Crippen molar-refractivity contribution in [2.45, 2.75) is 47.8 Å². The number of rotatable bonds is 4. The number of benzene rings is 1. The third-order valence-corrected chi connectivity index (χ3v) is 8.21. The zero-order valence-corrected chi connectivity index (χ0v) is 17.7. The van der Waals surface area contributed by atoms with Gasteiger partial charge in [-0.25, -0.2) is 20.8 Å². The minimum Gasteiger partial charge on any atom is -0.368 e. The maximum absolute atomic E-state index is 13.7. The lowest BCUT2D eigenvalue weighted by Crippen LogP contribution is -2.51. The van der Waals surface area contributed by atoms with Crippen molar-refractivity contribution in [2.75, 3.05) is 7.11 Å². The molecular formula is C17H17ClF3NO5S2. The van der Waals surface area contributed by atoms with Crippen LogP contribution in [-0.4, -0.2) is 39.7 Å². The van der Waals surface area contributed by atoms with E-state index >= 15 is 0 Å². The Morgan fingerprint density at radius 1 is 1.14 bits per heavy atom. The van der Waals surface area contributed by atoms with Gasteiger partial charge < -0.3 is 4.74 Å². The van der Waals surface area contributed by atoms with Crippen LogP contribution in [0.4, 0.5) is 13.2 Å². The number of halogens is 4. The molecule has 0 saturated carbocycles. The quantitative estimate of drug-likeness (QED) is 0.638. The molecule has 6 nitrogen and oxygen atoms in total. The number of aryl methyl sites for hydroxylation is 1. The lowest BCUT2D eigenvalue weighted by atomic mass is 9.83. The molecule has 0 bridgehead atoms. The van der Waals surface area contributed by atoms with Gasteiger partial charge in [0.15, 0.2) is 5.60 Å². The summed E-state index contributed by atoms with van der Waals surface area (Å²) in [5.74, 6) is 0. The first-order chi connectivity index (χ1) is 13.2. The fourth-order valence-electron chi connectivity index (χ4n) is 3.46. The van der Waals surface area contributed by atoms with Gasteiger partial charge in [0.05, 0.1) is 4.90 Å². The Hall–Kier alpha value is -1.56. The number of methoxy groups -OCH3 is 1. The van der Waals surface area contributed by atoms with Gasteiger partial charge in [-0.1, -0.05) is 17.7 Å². The molecule has 160 valence electrons. The predicted octanol–water partition coefficient (Wildman–Crippen LogP) is 3.40. The number of nitrogens with zero attached hydrogens (tertiary/aromatic N) is 1. The van der Waals surface area contributed by atoms with Crippen molar-refractivity contribution in [3.8, 4) is 0 Å². The van der Waals surface area contributed by atoms with E-state index in [2.05, 4.69) is 0 Å². The highest BCUT2D eigenvalue weighted by molar-refractivity contribution is 8.13. The van der Waals surface area contributed by atoms with Crippen LogP contribution in [0.2, 0.25) is 0 Å². The number of aromatic nitrogens is 1. The van der Waals surface area contributed by atoms with E-state index in [1.807, 2.05) is 0 Å². The maximum Gasteiger partial charge on any atom is 0.417 e. The van der Waals surface area contributed by atoms with Crippen molar-refractivity contribution in [1.82, 2.24) is 3.97 Å². The molecule has 0 N–H and O–H groups in total. The summed E-state index contributed by atoms with van der Waals surface area (Å²) in [6.45, 7) is 1.74. The van der Waals surface area contributed by atoms with Gasteiger partial charge in [-0.05, 0) is 37.5 Å². The summed E-state index contributed by atoms with van der Waals surface area (Å²) in [7, 11) is -2.44. The van der Waals surface area contributed by atoms with Crippen LogP contribution in [0, 0.1) is 6.92 Å². The predicted molar refractivity (Wildman–Crippen MR) is 99.1 cm³/mol. The van der Waals surface area contributed by atoms with Gasteiger partial charge in [0, 0.05) is 36.1 Å². The molecule has 0 radical (unpaired) electrons. The third-order valence-electron chi connectivity index (χ3n) is 5.13. The summed E-state index contributed by atoms with van der Waals surface area (Å²) in [5, 5.41) is 0. The Balaban J connectivity index is 2.27. The molecule has 1 atom stereocenters. The normalized spacial score (nSPS) is 20.5. The number of hydrogen-bond acceptors (Lipinski definition) is 5. The van der Waals surface area contributed by atoms with E-state index < -0.39 is 48.6 Å². The van der Waals surface area contributed by atoms with Crippen molar-refractivity contribution in [3.63, 3.8) is 0 Å². The second-order valence-corrected chi connectivity index (χ2v) is 11.2. The van der Waals surface area contributed by atoms with Crippen LogP contribution in [0.1, 0.15) is 23.2 Å². The Morgan fingerprint density at radius 3 is 2.21 bits per heavy atom. The van der Waals surface area contributed by atoms with Gasteiger partial charge in [0.2, 0.25) is 0 Å². The second kappa shape index (κ2) is 7.00. The highest BCUT2D eigenvalue weighted by Crippen LogP contribution is 2.45. The summed E-state index contributed by atoms with van der Waals surface area (Å²) in [6, 6.07) is 5.64. The summed E-state index contributed by atoms with van der Waals surface area (Å²) >= 11 is 0. The standard InChI is InChI=1S/C17H17ClF3NO5S2/c1-11-3-5-12(6-4-11)29(25,26)22-10-15(28(18,23)24)13-7-8-16(27-2,9-14(13)22)17(19,20)21/h3-6,10H,7-9H2,1-2H3/t16-/m1/s1. The molecule has 1 aromatic carbocycles. The first-order valence-electron chi connectivity index (χ1n) is 8.35. The number of hydrogen-bond donors (Lipinski definition) is 0. The van der Waals surface area contributed by atoms with E-state index in [1.54, 1.807) is 6.92 Å². The zero-order valence-electron chi connectivity index (χ0n) is 15.3. The topological polar surface area (TPSA) is 82.4 Å². The van der Waals surface area contributed by atoms with Gasteiger partial charge in [0.1, 0.15) is 4.90 Å². The SMILES string of the molecule is CO[C@]1(C(F)(F)F)CCc2c(S(=O)(=O)Cl)cn(S(=O)(=O)c3ccc(C)cc3)c2C1. The van der Waals surface area contributed by atoms with E-state index in [-0.39, 0.29) is 22.6 Å². The van der Waals surface area contributed by atoms with E-state index in [4.69, 9.17) is 15.4 Å². The number of fused-ring (bicyclic) bond motifs is 1. The van der Waals surface area contributed by atoms with Crippen molar-refractivity contribution < 1.29 is 34.7 Å². The molecule has 1 aromatic heterocycles. The van der Waals surface area contributed by atoms with Crippen LogP contribution < -0.4 is 0 Å². The largest absolute Gasteiger partial charge is 0.417 e. The highest BCUT2D eigenvalue weighted by Gasteiger charge is 2.58. The average Bonchev–Trinajstić information content (AvgIpc) is 3.00. The molecule has 1 aliphatic carbocycles. The fraction of sp³-hybridized carbons (Fsp3) is 0.412. The summed E-state index contributed by atoms with van der Waals surface area (Å²) in [4.78, 5) is -0.711. The lowest BCUT2D eigenvalue weighted by molar-refractivity contribution is -0.273. The van der Waals surface area contributed by atoms with Crippen LogP contribution in [0.5, 0.6) is 0 Å². The van der Waals surface area contributed by atoms with Crippen LogP contribution in [0.3, 0.4) is 0 Å². The van der Waals surface area contributed by atoms with Gasteiger partial charge in [-0.15, -0.1) is 0 Å². The summed E-state index contributed by atoms with van der Waals surface area (Å²) < 4.78 is 96.6. The molecule has 3 rings (SSSR count). The first kappa shape index (κ1) is 22.1. The van der Waals surface area contributed by atoms with E-state index in [0.29, 0.717) is 3.97 Å². The van der Waals surface area contributed by atoms with Crippen molar-refractivity contribution in [2.24, 2.45) is 0 Å². The molecule has 29 heavy (non-hydrogen) atoms. The third kappa shape index (κ3) is 3.69. The Kier molecular flexibility index (Phi) is 5.34. The Labute approximate surface area is 170 Å². The van der Waals surface area contributed by atoms with Crippen LogP contribution >= 0.6 is 10.7 Å². The first-order valence-corrected chi connectivity index (χ1v) is 12.1. The van der Waals surface area contributed by atoms with Crippen molar-refractivity contribution >= 4 is 29.8 Å². The zero-order chi connectivity index (χ0) is 21.8. The molecule has 0 aliphatic heterocycles. The van der Waals surface area contributed by atoms with E-state index in [0.717, 1.165) is 18.9 Å². The van der Waals surface area contributed by atoms with Gasteiger partial charge in [-0.2, -0.15) is 13.2 Å². The molecule has 1 heterocycles. The second-order valence-electron chi connectivity index (χ2n) is 6.84. The smallest absolute Gasteiger partial charge is 0.368 e. The molecule has 1 aliphatic rings. The molecule has 0 saturated heterocycles. The van der Waals surface area contributed by atoms with Gasteiger partial charge >= 0.3 is 6.18 Å². The van der Waals surface area contributed by atoms with Crippen LogP contribution in [0.15, 0.2) is 40.3 Å². The maximum atomic E-state index is 13.7. The average molecular weight is 472 g/mol. The molecule has 0 fully saturated rings. The fourth-order valence-corrected chi connectivity index (χ4v) is 6.08. The minimum absolute atomic E-state index is 0.0485. The van der Waals surface area contributed by atoms with E-state index in [1.165, 1.54) is 24.3 Å². The van der Waals surface area contributed by atoms with Gasteiger partial charge in [0.25, 0.3) is 19.1 Å². The molecule has 2 aromatic rings. The summed E-state index contributed by atoms with van der Waals surface area (Å²) in [6.07, 6.45) is -5.80. The number of alkyl halides is 3. The Bertz CT molecular complexity index is 1150. The Morgan fingerprint density at radius 2 is 1.72 bits per heavy atom. The number of ether oxygens (including phenoxy) is 1. The van der Waals surface area contributed by atoms with Crippen molar-refractivity contribution in [3.05, 3.63) is 47.3 Å². The monoisotopic (exact) mass is 471 g/mol. The van der Waals surface area contributed by atoms with Crippen LogP contribution in [-0.2, 0) is 36.7 Å². The van der Waals surface area contributed by atoms with Crippen molar-refractivity contribution in [1.29, 1.82) is 0 Å².